The van der Waals surface area contributed by atoms with Crippen molar-refractivity contribution in [2.24, 2.45) is 17.8 Å². The number of rotatable bonds is 9. The number of carbonyl (C=O) groups is 2. The first-order chi connectivity index (χ1) is 19.9. The van der Waals surface area contributed by atoms with Gasteiger partial charge in [0.2, 0.25) is 11.9 Å². The fourth-order valence-corrected chi connectivity index (χ4v) is 7.14. The molecule has 1 atom stereocenters. The van der Waals surface area contributed by atoms with Crippen LogP contribution in [0.1, 0.15) is 93.0 Å². The fraction of sp³-hybridized carbons (Fsp3) is 0.581. The zero-order valence-corrected chi connectivity index (χ0v) is 24.4. The van der Waals surface area contributed by atoms with E-state index in [1.54, 1.807) is 29.1 Å². The van der Waals surface area contributed by atoms with Gasteiger partial charge < -0.3 is 10.6 Å². The summed E-state index contributed by atoms with van der Waals surface area (Å²) in [7, 11) is 0. The highest BCUT2D eigenvalue weighted by Gasteiger charge is 2.41. The molecule has 9 nitrogen and oxygen atoms in total. The van der Waals surface area contributed by atoms with Crippen molar-refractivity contribution in [3.05, 3.63) is 47.4 Å². The predicted molar refractivity (Wildman–Crippen MR) is 156 cm³/mol. The quantitative estimate of drug-likeness (QED) is 0.278. The number of aromatic amines is 1. The number of aryl methyl sites for hydroxylation is 3. The molecule has 3 aromatic heterocycles. The average molecular weight is 564 g/mol. The molecule has 0 spiro atoms. The number of halogens is 1. The monoisotopic (exact) mass is 563 g/mol. The number of anilines is 1. The normalized spacial score (nSPS) is 17.5. The molecule has 41 heavy (non-hydrogen) atoms. The number of pyridine rings is 1. The standard InChI is InChI=1S/C31H42FN7O2/c1-4-39-24(17-18-33-39)30(40)36-28(27(21-11-7-5-8-12-21)22-13-9-6-10-14-22)31(41)35-25-16-15-23(29(32)34-25)26-19(2)37-38-20(26)3/h15-18,21-22,27-28H,4-14H2,1-3H3,(H,36,40)(H,37,38)(H,34,35,41)/t28-/m1/s1. The van der Waals surface area contributed by atoms with Gasteiger partial charge in [0.15, 0.2) is 0 Å². The summed E-state index contributed by atoms with van der Waals surface area (Å²) in [4.78, 5) is 31.8. The van der Waals surface area contributed by atoms with Gasteiger partial charge in [-0.25, -0.2) is 4.98 Å². The van der Waals surface area contributed by atoms with Crippen molar-refractivity contribution < 1.29 is 14.0 Å². The van der Waals surface area contributed by atoms with Crippen LogP contribution in [0.5, 0.6) is 0 Å². The van der Waals surface area contributed by atoms with Gasteiger partial charge >= 0.3 is 0 Å². The number of H-pyrrole nitrogens is 1. The van der Waals surface area contributed by atoms with Crippen molar-refractivity contribution in [2.75, 3.05) is 5.32 Å². The van der Waals surface area contributed by atoms with Crippen molar-refractivity contribution in [2.45, 2.75) is 97.6 Å². The van der Waals surface area contributed by atoms with Gasteiger partial charge in [0, 0.05) is 29.6 Å². The SMILES string of the molecule is CCn1nccc1C(=O)N[C@@H](C(=O)Nc1ccc(-c2c(C)n[nH]c2C)c(F)n1)C(C1CCCCC1)C1CCCCC1. The molecule has 2 saturated carbocycles. The number of carbonyl (C=O) groups excluding carboxylic acids is 2. The van der Waals surface area contributed by atoms with Gasteiger partial charge in [0.1, 0.15) is 17.6 Å². The minimum atomic E-state index is -0.767. The van der Waals surface area contributed by atoms with Gasteiger partial charge in [-0.3, -0.25) is 19.4 Å². The van der Waals surface area contributed by atoms with E-state index in [1.807, 2.05) is 20.8 Å². The number of aromatic nitrogens is 5. The Morgan fingerprint density at radius 3 is 2.24 bits per heavy atom. The van der Waals surface area contributed by atoms with Crippen molar-refractivity contribution in [1.29, 1.82) is 0 Å². The van der Waals surface area contributed by atoms with E-state index in [0.717, 1.165) is 57.1 Å². The largest absolute Gasteiger partial charge is 0.339 e. The molecule has 3 heterocycles. The second-order valence-electron chi connectivity index (χ2n) is 11.7. The van der Waals surface area contributed by atoms with Crippen LogP contribution in [0.4, 0.5) is 10.2 Å². The highest BCUT2D eigenvalue weighted by molar-refractivity contribution is 6.00. The second-order valence-corrected chi connectivity index (χ2v) is 11.7. The predicted octanol–water partition coefficient (Wildman–Crippen LogP) is 5.96. The Kier molecular flexibility index (Phi) is 9.15. The van der Waals surface area contributed by atoms with Crippen LogP contribution in [0.25, 0.3) is 11.1 Å². The third-order valence-electron chi connectivity index (χ3n) is 9.09. The minimum absolute atomic E-state index is 0.00195. The Labute approximate surface area is 241 Å². The number of hydrogen-bond acceptors (Lipinski definition) is 5. The third kappa shape index (κ3) is 6.36. The molecule has 2 fully saturated rings. The Morgan fingerprint density at radius 2 is 1.68 bits per heavy atom. The third-order valence-corrected chi connectivity index (χ3v) is 9.09. The van der Waals surface area contributed by atoms with Crippen molar-refractivity contribution in [3.63, 3.8) is 0 Å². The molecule has 2 amide bonds. The molecule has 5 rings (SSSR count). The Bertz CT molecular complexity index is 1320. The summed E-state index contributed by atoms with van der Waals surface area (Å²) >= 11 is 0. The van der Waals surface area contributed by atoms with Crippen LogP contribution >= 0.6 is 0 Å². The van der Waals surface area contributed by atoms with Crippen molar-refractivity contribution in [1.82, 2.24) is 30.3 Å². The van der Waals surface area contributed by atoms with Crippen LogP contribution < -0.4 is 10.6 Å². The maximum Gasteiger partial charge on any atom is 0.270 e. The van der Waals surface area contributed by atoms with E-state index >= 15 is 4.39 Å². The van der Waals surface area contributed by atoms with E-state index in [-0.39, 0.29) is 23.6 Å². The van der Waals surface area contributed by atoms with Crippen LogP contribution in [0, 0.1) is 37.5 Å². The topological polar surface area (TPSA) is 118 Å². The first kappa shape index (κ1) is 29.0. The fourth-order valence-electron chi connectivity index (χ4n) is 7.14. The van der Waals surface area contributed by atoms with Gasteiger partial charge in [-0.2, -0.15) is 14.6 Å². The van der Waals surface area contributed by atoms with Gasteiger partial charge in [-0.15, -0.1) is 0 Å². The molecule has 2 aliphatic rings. The number of amides is 2. The average Bonchev–Trinajstić information content (AvgIpc) is 3.60. The molecule has 0 radical (unpaired) electrons. The van der Waals surface area contributed by atoms with E-state index in [9.17, 15) is 9.59 Å². The van der Waals surface area contributed by atoms with Crippen molar-refractivity contribution >= 4 is 17.6 Å². The minimum Gasteiger partial charge on any atom is -0.339 e. The number of hydrogen-bond donors (Lipinski definition) is 3. The van der Waals surface area contributed by atoms with Gasteiger partial charge in [-0.1, -0.05) is 64.2 Å². The van der Waals surface area contributed by atoms with Crippen LogP contribution in [0.3, 0.4) is 0 Å². The lowest BCUT2D eigenvalue weighted by Gasteiger charge is -2.41. The summed E-state index contributed by atoms with van der Waals surface area (Å²) in [6.45, 7) is 6.12. The molecule has 3 aromatic rings. The molecule has 0 aromatic carbocycles. The lowest BCUT2D eigenvalue weighted by atomic mass is 9.66. The molecular weight excluding hydrogens is 521 g/mol. The highest BCUT2D eigenvalue weighted by atomic mass is 19.1. The molecule has 0 unspecified atom stereocenters. The Balaban J connectivity index is 1.46. The summed E-state index contributed by atoms with van der Waals surface area (Å²) in [5.74, 6) is -0.536. The summed E-state index contributed by atoms with van der Waals surface area (Å²) < 4.78 is 16.9. The number of nitrogens with one attached hydrogen (secondary N) is 3. The highest BCUT2D eigenvalue weighted by Crippen LogP contribution is 2.42. The summed E-state index contributed by atoms with van der Waals surface area (Å²) in [6, 6.07) is 4.15. The van der Waals surface area contributed by atoms with E-state index in [4.69, 9.17) is 0 Å². The Morgan fingerprint density at radius 1 is 1.02 bits per heavy atom. The van der Waals surface area contributed by atoms with Crippen LogP contribution in [-0.2, 0) is 11.3 Å². The smallest absolute Gasteiger partial charge is 0.270 e. The van der Waals surface area contributed by atoms with E-state index in [0.29, 0.717) is 40.9 Å². The van der Waals surface area contributed by atoms with E-state index in [2.05, 4.69) is 30.9 Å². The molecule has 0 bridgehead atoms. The molecule has 2 aliphatic carbocycles. The lowest BCUT2D eigenvalue weighted by Crippen LogP contribution is -2.53. The lowest BCUT2D eigenvalue weighted by molar-refractivity contribution is -0.121. The molecule has 0 aliphatic heterocycles. The van der Waals surface area contributed by atoms with E-state index in [1.165, 1.54) is 12.8 Å². The van der Waals surface area contributed by atoms with E-state index < -0.39 is 12.0 Å². The van der Waals surface area contributed by atoms with Crippen LogP contribution in [0.15, 0.2) is 24.4 Å². The van der Waals surface area contributed by atoms with Gasteiger partial charge in [0.25, 0.3) is 5.91 Å². The maximum atomic E-state index is 15.3. The Hall–Kier alpha value is -3.56. The molecule has 220 valence electrons. The summed E-state index contributed by atoms with van der Waals surface area (Å²) in [5.41, 5.74) is 2.84. The summed E-state index contributed by atoms with van der Waals surface area (Å²) in [6.07, 6.45) is 12.8. The maximum absolute atomic E-state index is 15.3. The zero-order valence-electron chi connectivity index (χ0n) is 24.4. The summed E-state index contributed by atoms with van der Waals surface area (Å²) in [5, 5.41) is 17.3. The zero-order chi connectivity index (χ0) is 28.9. The van der Waals surface area contributed by atoms with Gasteiger partial charge in [0.05, 0.1) is 5.69 Å². The van der Waals surface area contributed by atoms with Gasteiger partial charge in [-0.05, 0) is 56.7 Å². The first-order valence-electron chi connectivity index (χ1n) is 15.2. The van der Waals surface area contributed by atoms with Crippen molar-refractivity contribution in [3.8, 4) is 11.1 Å². The van der Waals surface area contributed by atoms with Crippen LogP contribution in [-0.4, -0.2) is 42.8 Å². The molecular formula is C31H42FN7O2. The molecule has 3 N–H and O–H groups in total. The molecule has 0 saturated heterocycles. The molecule has 10 heteroatoms. The van der Waals surface area contributed by atoms with Crippen LogP contribution in [0.2, 0.25) is 0 Å². The second kappa shape index (κ2) is 13.0. The first-order valence-corrected chi connectivity index (χ1v) is 15.2. The number of nitrogens with zero attached hydrogens (tertiary/aromatic N) is 4.